The van der Waals surface area contributed by atoms with Gasteiger partial charge in [-0.3, -0.25) is 9.59 Å². The molecule has 144 valence electrons. The molecule has 0 saturated heterocycles. The van der Waals surface area contributed by atoms with Gasteiger partial charge in [0.2, 0.25) is 5.43 Å². The lowest BCUT2D eigenvalue weighted by atomic mass is 10.2. The van der Waals surface area contributed by atoms with Crippen molar-refractivity contribution in [1.29, 1.82) is 0 Å². The van der Waals surface area contributed by atoms with Crippen LogP contribution in [0.3, 0.4) is 0 Å². The van der Waals surface area contributed by atoms with Crippen LogP contribution in [0, 0.1) is 12.7 Å². The number of aromatic nitrogens is 2. The molecule has 0 N–H and O–H groups in total. The molecule has 28 heavy (non-hydrogen) atoms. The molecule has 0 fully saturated rings. The van der Waals surface area contributed by atoms with Crippen molar-refractivity contribution in [3.63, 3.8) is 0 Å². The van der Waals surface area contributed by atoms with Crippen molar-refractivity contribution in [3.05, 3.63) is 88.1 Å². The molecule has 0 spiro atoms. The Balaban J connectivity index is 1.72. The first-order valence-electron chi connectivity index (χ1n) is 8.76. The van der Waals surface area contributed by atoms with Crippen molar-refractivity contribution in [2.45, 2.75) is 6.92 Å². The maximum Gasteiger partial charge on any atom is 0.278 e. The van der Waals surface area contributed by atoms with E-state index < -0.39 is 11.3 Å². The van der Waals surface area contributed by atoms with E-state index in [-0.39, 0.29) is 24.7 Å². The summed E-state index contributed by atoms with van der Waals surface area (Å²) in [6.07, 6.45) is 0. The molecule has 0 aliphatic heterocycles. The third kappa shape index (κ3) is 4.43. The highest BCUT2D eigenvalue weighted by Crippen LogP contribution is 2.11. The Morgan fingerprint density at radius 3 is 2.50 bits per heavy atom. The molecule has 1 aromatic heterocycles. The summed E-state index contributed by atoms with van der Waals surface area (Å²) >= 11 is 0. The van der Waals surface area contributed by atoms with Crippen molar-refractivity contribution >= 4 is 5.91 Å². The molecule has 1 amide bonds. The van der Waals surface area contributed by atoms with Gasteiger partial charge in [0.15, 0.2) is 5.69 Å². The minimum absolute atomic E-state index is 0.154. The second-order valence-electron chi connectivity index (χ2n) is 6.28. The molecule has 0 bridgehead atoms. The number of hydrogen-bond acceptors (Lipinski definition) is 4. The topological polar surface area (TPSA) is 64.4 Å². The number of likely N-dealkylation sites (N-methyl/N-ethyl adjacent to an activating group) is 1. The summed E-state index contributed by atoms with van der Waals surface area (Å²) in [5.74, 6) is -0.334. The number of rotatable bonds is 6. The lowest BCUT2D eigenvalue weighted by Gasteiger charge is -2.18. The van der Waals surface area contributed by atoms with Crippen LogP contribution >= 0.6 is 0 Å². The first-order chi connectivity index (χ1) is 13.5. The number of nitrogens with zero attached hydrogens (tertiary/aromatic N) is 3. The Hall–Kier alpha value is -3.48. The second-order valence-corrected chi connectivity index (χ2v) is 6.28. The van der Waals surface area contributed by atoms with Crippen LogP contribution in [-0.4, -0.2) is 40.8 Å². The minimum atomic E-state index is -0.489. The first-order valence-corrected chi connectivity index (χ1v) is 8.76. The maximum atomic E-state index is 12.9. The fourth-order valence-electron chi connectivity index (χ4n) is 2.64. The maximum absolute atomic E-state index is 12.9. The van der Waals surface area contributed by atoms with Crippen LogP contribution in [0.1, 0.15) is 16.2 Å². The van der Waals surface area contributed by atoms with E-state index in [1.165, 1.54) is 35.2 Å². The quantitative estimate of drug-likeness (QED) is 0.659. The highest BCUT2D eigenvalue weighted by atomic mass is 19.1. The molecule has 0 atom stereocenters. The largest absolute Gasteiger partial charge is 0.492 e. The van der Waals surface area contributed by atoms with Gasteiger partial charge < -0.3 is 9.64 Å². The number of para-hydroxylation sites is 1. The van der Waals surface area contributed by atoms with Gasteiger partial charge >= 0.3 is 0 Å². The van der Waals surface area contributed by atoms with Crippen molar-refractivity contribution in [2.75, 3.05) is 20.2 Å². The van der Waals surface area contributed by atoms with Gasteiger partial charge in [-0.1, -0.05) is 18.2 Å². The average molecular weight is 381 g/mol. The molecule has 6 nitrogen and oxygen atoms in total. The van der Waals surface area contributed by atoms with Gasteiger partial charge in [-0.05, 0) is 43.3 Å². The zero-order chi connectivity index (χ0) is 20.1. The van der Waals surface area contributed by atoms with Gasteiger partial charge in [-0.2, -0.15) is 5.10 Å². The molecule has 7 heteroatoms. The smallest absolute Gasteiger partial charge is 0.278 e. The summed E-state index contributed by atoms with van der Waals surface area (Å²) in [4.78, 5) is 26.4. The van der Waals surface area contributed by atoms with Crippen molar-refractivity contribution < 1.29 is 13.9 Å². The second kappa shape index (κ2) is 8.47. The minimum Gasteiger partial charge on any atom is -0.492 e. The molecule has 1 heterocycles. The molecule has 0 unspecified atom stereocenters. The van der Waals surface area contributed by atoms with E-state index in [1.54, 1.807) is 18.7 Å². The van der Waals surface area contributed by atoms with Gasteiger partial charge in [-0.15, -0.1) is 0 Å². The summed E-state index contributed by atoms with van der Waals surface area (Å²) in [5.41, 5.74) is 0.811. The SMILES string of the molecule is Cc1cc(=O)c(C(=O)N(C)CCOc2ccc(F)cc2)nn1-c1ccccc1. The lowest BCUT2D eigenvalue weighted by molar-refractivity contribution is 0.0764. The van der Waals surface area contributed by atoms with Gasteiger partial charge in [-0.25, -0.2) is 9.07 Å². The number of carbonyl (C=O) groups excluding carboxylic acids is 1. The predicted molar refractivity (Wildman–Crippen MR) is 103 cm³/mol. The normalized spacial score (nSPS) is 10.5. The van der Waals surface area contributed by atoms with E-state index >= 15 is 0 Å². The van der Waals surface area contributed by atoms with E-state index in [9.17, 15) is 14.0 Å². The van der Waals surface area contributed by atoms with Crippen LogP contribution in [0.5, 0.6) is 5.75 Å². The number of carbonyl (C=O) groups is 1. The molecule has 0 aliphatic rings. The van der Waals surface area contributed by atoms with Gasteiger partial charge in [0.05, 0.1) is 12.2 Å². The fraction of sp³-hybridized carbons (Fsp3) is 0.190. The summed E-state index contributed by atoms with van der Waals surface area (Å²) in [5, 5.41) is 4.27. The van der Waals surface area contributed by atoms with Crippen LogP contribution in [-0.2, 0) is 0 Å². The zero-order valence-electron chi connectivity index (χ0n) is 15.6. The molecule has 0 radical (unpaired) electrons. The van der Waals surface area contributed by atoms with Gasteiger partial charge in [0, 0.05) is 18.8 Å². The zero-order valence-corrected chi connectivity index (χ0v) is 15.6. The van der Waals surface area contributed by atoms with Crippen LogP contribution in [0.4, 0.5) is 4.39 Å². The van der Waals surface area contributed by atoms with E-state index in [0.717, 1.165) is 5.69 Å². The summed E-state index contributed by atoms with van der Waals surface area (Å²) in [6.45, 7) is 2.21. The first kappa shape index (κ1) is 19.3. The van der Waals surface area contributed by atoms with E-state index in [0.29, 0.717) is 11.4 Å². The van der Waals surface area contributed by atoms with Crippen LogP contribution in [0.2, 0.25) is 0 Å². The number of benzene rings is 2. The highest BCUT2D eigenvalue weighted by molar-refractivity contribution is 5.91. The number of aryl methyl sites for hydroxylation is 1. The van der Waals surface area contributed by atoms with Crippen LogP contribution in [0.15, 0.2) is 65.5 Å². The number of amides is 1. The number of hydrogen-bond donors (Lipinski definition) is 0. The third-order valence-electron chi connectivity index (χ3n) is 4.17. The van der Waals surface area contributed by atoms with Crippen molar-refractivity contribution in [2.24, 2.45) is 0 Å². The van der Waals surface area contributed by atoms with Crippen LogP contribution < -0.4 is 10.2 Å². The molecule has 0 aliphatic carbocycles. The number of ether oxygens (including phenoxy) is 1. The van der Waals surface area contributed by atoms with E-state index in [4.69, 9.17) is 4.74 Å². The summed E-state index contributed by atoms with van der Waals surface area (Å²) < 4.78 is 20.0. The van der Waals surface area contributed by atoms with Crippen molar-refractivity contribution in [1.82, 2.24) is 14.7 Å². The standard InChI is InChI=1S/C21H20FN3O3/c1-15-14-19(26)20(23-25(15)17-6-4-3-5-7-17)21(27)24(2)12-13-28-18-10-8-16(22)9-11-18/h3-11,14H,12-13H2,1-2H3. The lowest BCUT2D eigenvalue weighted by Crippen LogP contribution is -2.36. The predicted octanol–water partition coefficient (Wildman–Crippen LogP) is 2.83. The Morgan fingerprint density at radius 1 is 1.14 bits per heavy atom. The molecular formula is C21H20FN3O3. The van der Waals surface area contributed by atoms with E-state index in [2.05, 4.69) is 5.10 Å². The highest BCUT2D eigenvalue weighted by Gasteiger charge is 2.19. The van der Waals surface area contributed by atoms with Crippen molar-refractivity contribution in [3.8, 4) is 11.4 Å². The number of halogens is 1. The van der Waals surface area contributed by atoms with E-state index in [1.807, 2.05) is 30.3 Å². The van der Waals surface area contributed by atoms with Gasteiger partial charge in [0.25, 0.3) is 5.91 Å². The Bertz CT molecular complexity index is 1020. The third-order valence-corrected chi connectivity index (χ3v) is 4.17. The van der Waals surface area contributed by atoms with Gasteiger partial charge in [0.1, 0.15) is 18.2 Å². The van der Waals surface area contributed by atoms with Crippen LogP contribution in [0.25, 0.3) is 5.69 Å². The molecule has 3 aromatic rings. The Morgan fingerprint density at radius 2 is 1.82 bits per heavy atom. The Labute approximate surface area is 161 Å². The molecule has 2 aromatic carbocycles. The molecule has 3 rings (SSSR count). The summed E-state index contributed by atoms with van der Waals surface area (Å²) in [6, 6.07) is 16.3. The average Bonchev–Trinajstić information content (AvgIpc) is 2.69. The monoisotopic (exact) mass is 381 g/mol. The summed E-state index contributed by atoms with van der Waals surface area (Å²) in [7, 11) is 1.57. The molecule has 0 saturated carbocycles. The fourth-order valence-corrected chi connectivity index (χ4v) is 2.64. The Kier molecular flexibility index (Phi) is 5.84. The molecular weight excluding hydrogens is 361 g/mol.